The van der Waals surface area contributed by atoms with Crippen LogP contribution in [0.4, 0.5) is 20.2 Å². The molecule has 0 bridgehead atoms. The van der Waals surface area contributed by atoms with Crippen LogP contribution in [0.3, 0.4) is 0 Å². The van der Waals surface area contributed by atoms with Gasteiger partial charge in [0, 0.05) is 18.2 Å². The molecule has 0 heterocycles. The zero-order valence-electron chi connectivity index (χ0n) is 10.4. The van der Waals surface area contributed by atoms with Gasteiger partial charge in [0.15, 0.2) is 0 Å². The molecule has 2 aromatic carbocycles. The van der Waals surface area contributed by atoms with E-state index in [9.17, 15) is 8.78 Å². The van der Waals surface area contributed by atoms with Crippen molar-refractivity contribution in [2.24, 2.45) is 0 Å². The van der Waals surface area contributed by atoms with Crippen molar-refractivity contribution in [3.8, 4) is 5.75 Å². The van der Waals surface area contributed by atoms with Crippen molar-refractivity contribution in [3.05, 3.63) is 53.6 Å². The Morgan fingerprint density at radius 2 is 1.95 bits per heavy atom. The molecule has 5 heteroatoms. The average Bonchev–Trinajstić information content (AvgIpc) is 2.40. The van der Waals surface area contributed by atoms with Gasteiger partial charge in [-0.3, -0.25) is 0 Å². The molecule has 2 aromatic rings. The Balaban J connectivity index is 2.12. The summed E-state index contributed by atoms with van der Waals surface area (Å²) >= 11 is 0. The van der Waals surface area contributed by atoms with E-state index in [0.29, 0.717) is 17.1 Å². The minimum atomic E-state index is -0.471. The fourth-order valence-corrected chi connectivity index (χ4v) is 1.70. The van der Waals surface area contributed by atoms with Gasteiger partial charge in [-0.25, -0.2) is 8.78 Å². The zero-order valence-corrected chi connectivity index (χ0v) is 10.4. The summed E-state index contributed by atoms with van der Waals surface area (Å²) in [5, 5.41) is 2.96. The average molecular weight is 264 g/mol. The van der Waals surface area contributed by atoms with Crippen LogP contribution in [0.25, 0.3) is 0 Å². The number of rotatable bonds is 4. The Bertz CT molecular complexity index is 588. The monoisotopic (exact) mass is 264 g/mol. The number of nitrogens with one attached hydrogen (secondary N) is 1. The quantitative estimate of drug-likeness (QED) is 0.834. The SMILES string of the molecule is COc1ccc(NCc2cc(F)ccc2F)c(N)c1. The Hall–Kier alpha value is -2.30. The van der Waals surface area contributed by atoms with Gasteiger partial charge >= 0.3 is 0 Å². The van der Waals surface area contributed by atoms with Crippen molar-refractivity contribution < 1.29 is 13.5 Å². The molecule has 2 rings (SSSR count). The molecule has 0 atom stereocenters. The molecule has 0 aromatic heterocycles. The number of benzene rings is 2. The second-order valence-electron chi connectivity index (χ2n) is 4.04. The highest BCUT2D eigenvalue weighted by atomic mass is 19.1. The first kappa shape index (κ1) is 13.1. The second kappa shape index (κ2) is 5.56. The molecular formula is C14H14F2N2O. The summed E-state index contributed by atoms with van der Waals surface area (Å²) in [6.45, 7) is 0.153. The van der Waals surface area contributed by atoms with Gasteiger partial charge in [0.1, 0.15) is 17.4 Å². The van der Waals surface area contributed by atoms with E-state index in [1.165, 1.54) is 0 Å². The summed E-state index contributed by atoms with van der Waals surface area (Å²) in [6, 6.07) is 8.46. The molecule has 100 valence electrons. The van der Waals surface area contributed by atoms with Gasteiger partial charge in [0.2, 0.25) is 0 Å². The third kappa shape index (κ3) is 3.13. The van der Waals surface area contributed by atoms with Gasteiger partial charge in [-0.05, 0) is 30.3 Å². The summed E-state index contributed by atoms with van der Waals surface area (Å²) in [5.41, 5.74) is 7.19. The predicted octanol–water partition coefficient (Wildman–Crippen LogP) is 3.17. The van der Waals surface area contributed by atoms with Gasteiger partial charge in [0.25, 0.3) is 0 Å². The minimum Gasteiger partial charge on any atom is -0.497 e. The van der Waals surface area contributed by atoms with E-state index in [1.54, 1.807) is 25.3 Å². The zero-order chi connectivity index (χ0) is 13.8. The van der Waals surface area contributed by atoms with Crippen molar-refractivity contribution in [3.63, 3.8) is 0 Å². The first-order valence-electron chi connectivity index (χ1n) is 5.71. The molecule has 0 fully saturated rings. The number of hydrogen-bond donors (Lipinski definition) is 2. The van der Waals surface area contributed by atoms with Crippen molar-refractivity contribution >= 4 is 11.4 Å². The Kier molecular flexibility index (Phi) is 3.85. The van der Waals surface area contributed by atoms with Crippen LogP contribution >= 0.6 is 0 Å². The largest absolute Gasteiger partial charge is 0.497 e. The third-order valence-electron chi connectivity index (χ3n) is 2.74. The third-order valence-corrected chi connectivity index (χ3v) is 2.74. The summed E-state index contributed by atoms with van der Waals surface area (Å²) in [4.78, 5) is 0. The maximum Gasteiger partial charge on any atom is 0.128 e. The maximum absolute atomic E-state index is 13.4. The van der Waals surface area contributed by atoms with Crippen LogP contribution in [0.15, 0.2) is 36.4 Å². The number of methoxy groups -OCH3 is 1. The van der Waals surface area contributed by atoms with Crippen molar-refractivity contribution in [1.29, 1.82) is 0 Å². The van der Waals surface area contributed by atoms with Crippen LogP contribution in [0.1, 0.15) is 5.56 Å². The second-order valence-corrected chi connectivity index (χ2v) is 4.04. The van der Waals surface area contributed by atoms with E-state index in [-0.39, 0.29) is 12.1 Å². The smallest absolute Gasteiger partial charge is 0.128 e. The van der Waals surface area contributed by atoms with Gasteiger partial charge in [-0.1, -0.05) is 0 Å². The summed E-state index contributed by atoms with van der Waals surface area (Å²) in [7, 11) is 1.55. The molecule has 3 N–H and O–H groups in total. The van der Waals surface area contributed by atoms with Gasteiger partial charge in [-0.15, -0.1) is 0 Å². The molecule has 0 saturated carbocycles. The lowest BCUT2D eigenvalue weighted by Crippen LogP contribution is -2.04. The Morgan fingerprint density at radius 1 is 1.16 bits per heavy atom. The Morgan fingerprint density at radius 3 is 2.63 bits per heavy atom. The first-order valence-corrected chi connectivity index (χ1v) is 5.71. The molecule has 3 nitrogen and oxygen atoms in total. The Labute approximate surface area is 110 Å². The van der Waals surface area contributed by atoms with E-state index in [1.807, 2.05) is 0 Å². The number of halogens is 2. The van der Waals surface area contributed by atoms with E-state index >= 15 is 0 Å². The van der Waals surface area contributed by atoms with Crippen LogP contribution in [0, 0.1) is 11.6 Å². The molecule has 19 heavy (non-hydrogen) atoms. The molecule has 0 saturated heterocycles. The fraction of sp³-hybridized carbons (Fsp3) is 0.143. The summed E-state index contributed by atoms with van der Waals surface area (Å²) in [6.07, 6.45) is 0. The number of nitrogens with two attached hydrogens (primary N) is 1. The number of hydrogen-bond acceptors (Lipinski definition) is 3. The lowest BCUT2D eigenvalue weighted by molar-refractivity contribution is 0.415. The number of ether oxygens (including phenoxy) is 1. The number of nitrogen functional groups attached to an aromatic ring is 1. The topological polar surface area (TPSA) is 47.3 Å². The van der Waals surface area contributed by atoms with Crippen LogP contribution in [-0.2, 0) is 6.54 Å². The summed E-state index contributed by atoms with van der Waals surface area (Å²) < 4.78 is 31.5. The highest BCUT2D eigenvalue weighted by Gasteiger charge is 2.05. The lowest BCUT2D eigenvalue weighted by Gasteiger charge is -2.11. The van der Waals surface area contributed by atoms with Crippen LogP contribution in [0.2, 0.25) is 0 Å². The maximum atomic E-state index is 13.4. The van der Waals surface area contributed by atoms with Gasteiger partial charge in [-0.2, -0.15) is 0 Å². The summed E-state index contributed by atoms with van der Waals surface area (Å²) in [5.74, 6) is -0.290. The van der Waals surface area contributed by atoms with Crippen LogP contribution in [0.5, 0.6) is 5.75 Å². The molecule has 0 aliphatic rings. The van der Waals surface area contributed by atoms with Crippen molar-refractivity contribution in [2.75, 3.05) is 18.2 Å². The van der Waals surface area contributed by atoms with Crippen LogP contribution in [-0.4, -0.2) is 7.11 Å². The minimum absolute atomic E-state index is 0.153. The van der Waals surface area contributed by atoms with Crippen molar-refractivity contribution in [2.45, 2.75) is 6.54 Å². The van der Waals surface area contributed by atoms with E-state index in [0.717, 1.165) is 18.2 Å². The molecule has 0 amide bonds. The van der Waals surface area contributed by atoms with Gasteiger partial charge < -0.3 is 15.8 Å². The fourth-order valence-electron chi connectivity index (χ4n) is 1.70. The number of anilines is 2. The van der Waals surface area contributed by atoms with E-state index in [2.05, 4.69) is 5.32 Å². The van der Waals surface area contributed by atoms with Crippen molar-refractivity contribution in [1.82, 2.24) is 0 Å². The lowest BCUT2D eigenvalue weighted by atomic mass is 10.2. The molecule has 0 unspecified atom stereocenters. The van der Waals surface area contributed by atoms with E-state index in [4.69, 9.17) is 10.5 Å². The molecule has 0 aliphatic carbocycles. The van der Waals surface area contributed by atoms with Crippen LogP contribution < -0.4 is 15.8 Å². The molecule has 0 spiro atoms. The highest BCUT2D eigenvalue weighted by Crippen LogP contribution is 2.24. The van der Waals surface area contributed by atoms with Gasteiger partial charge in [0.05, 0.1) is 18.5 Å². The molecular weight excluding hydrogens is 250 g/mol. The predicted molar refractivity (Wildman–Crippen MR) is 71.1 cm³/mol. The first-order chi connectivity index (χ1) is 9.10. The molecule has 0 aliphatic heterocycles. The van der Waals surface area contributed by atoms with E-state index < -0.39 is 11.6 Å². The molecule has 0 radical (unpaired) electrons. The highest BCUT2D eigenvalue weighted by molar-refractivity contribution is 5.68. The standard InChI is InChI=1S/C14H14F2N2O/c1-19-11-3-5-14(13(17)7-11)18-8-9-6-10(15)2-4-12(9)16/h2-7,18H,8,17H2,1H3. The normalized spacial score (nSPS) is 10.3.